The molecule has 11 atom stereocenters. The van der Waals surface area contributed by atoms with E-state index in [-0.39, 0.29) is 71.8 Å². The Kier molecular flexibility index (Phi) is 34.4. The maximum Gasteiger partial charge on any atom is 0.303 e. The van der Waals surface area contributed by atoms with Crippen LogP contribution in [0.25, 0.3) is 0 Å². The minimum atomic E-state index is -1.81. The summed E-state index contributed by atoms with van der Waals surface area (Å²) in [5.41, 5.74) is 2.46. The van der Waals surface area contributed by atoms with Crippen LogP contribution in [0.3, 0.4) is 0 Å². The number of benzene rings is 5. The molecule has 2 aliphatic carbocycles. The first-order valence-electron chi connectivity index (χ1n) is 28.1. The van der Waals surface area contributed by atoms with Gasteiger partial charge in [-0.05, 0) is 161 Å². The van der Waals surface area contributed by atoms with Gasteiger partial charge in [-0.15, -0.1) is 0 Å². The number of aliphatic hydroxyl groups is 6. The smallest absolute Gasteiger partial charge is 0.303 e. The fourth-order valence-corrected chi connectivity index (χ4v) is 16.1. The molecule has 1 heterocycles. The Balaban J connectivity index is 0.000000252. The van der Waals surface area contributed by atoms with Crippen molar-refractivity contribution >= 4 is 72.3 Å². The van der Waals surface area contributed by atoms with Gasteiger partial charge >= 0.3 is 62.4 Å². The zero-order chi connectivity index (χ0) is 56.8. The summed E-state index contributed by atoms with van der Waals surface area (Å²) in [4.78, 5) is 21.5. The monoisotopic (exact) mass is 1520 g/mol. The van der Waals surface area contributed by atoms with Crippen LogP contribution < -0.4 is 46.2 Å². The third-order valence-electron chi connectivity index (χ3n) is 15.8. The van der Waals surface area contributed by atoms with Gasteiger partial charge in [0.15, 0.2) is 6.29 Å². The van der Waals surface area contributed by atoms with E-state index in [0.29, 0.717) is 83.9 Å². The largest absolute Gasteiger partial charge is 1.00 e. The van der Waals surface area contributed by atoms with Gasteiger partial charge in [0.1, 0.15) is 23.2 Å². The first-order chi connectivity index (χ1) is 38.2. The van der Waals surface area contributed by atoms with Crippen molar-refractivity contribution in [3.05, 3.63) is 175 Å². The molecule has 5 aromatic rings. The molecular weight excluding hydrogens is 1440 g/mol. The third kappa shape index (κ3) is 23.9. The Morgan fingerprint density at radius 2 is 0.963 bits per heavy atom. The molecule has 2 saturated carbocycles. The SMILES string of the molecule is I[I-]I.O=C(O)CCC/C=C\C[C@@H]1[C@@H](CC[C@@H](O)CCc2ccccc2)[C@H](O)C[C@@H]1O.O=C(O)CCCC[P+](c1ccccc1)(c1ccccc1)c1ccccc1.OC1C[C@@H]2[C@@H](CC[C@@H](O)CCc3ccccc3)[C@H](O)C[C@@H]2O1.[Br-]. The van der Waals surface area contributed by atoms with Gasteiger partial charge in [-0.3, -0.25) is 9.59 Å². The van der Waals surface area contributed by atoms with E-state index in [1.165, 1.54) is 27.0 Å². The molecule has 440 valence electrons. The van der Waals surface area contributed by atoms with Crippen molar-refractivity contribution in [2.75, 3.05) is 6.16 Å². The molecule has 16 heteroatoms. The van der Waals surface area contributed by atoms with Crippen LogP contribution in [-0.4, -0.2) is 102 Å². The van der Waals surface area contributed by atoms with Crippen molar-refractivity contribution in [3.8, 4) is 0 Å². The summed E-state index contributed by atoms with van der Waals surface area (Å²) >= 11 is 5.30. The van der Waals surface area contributed by atoms with Gasteiger partial charge in [-0.2, -0.15) is 0 Å². The second-order valence-electron chi connectivity index (χ2n) is 21.1. The minimum Gasteiger partial charge on any atom is -1.00 e. The fraction of sp³-hybridized carbons (Fsp3) is 0.469. The first-order valence-corrected chi connectivity index (χ1v) is 42.6. The summed E-state index contributed by atoms with van der Waals surface area (Å²) < 4.78 is 5.43. The number of aliphatic hydroxyl groups excluding tert-OH is 6. The number of hydrogen-bond donors (Lipinski definition) is 8. The van der Waals surface area contributed by atoms with E-state index in [4.69, 9.17) is 14.9 Å². The summed E-state index contributed by atoms with van der Waals surface area (Å²) in [5, 5.41) is 82.6. The maximum atomic E-state index is 10.9. The molecule has 3 fully saturated rings. The minimum absolute atomic E-state index is 0. The predicted molar refractivity (Wildman–Crippen MR) is 332 cm³/mol. The Labute approximate surface area is 516 Å². The summed E-state index contributed by atoms with van der Waals surface area (Å²) in [6.07, 6.45) is 13.7. The molecule has 3 aliphatic rings. The van der Waals surface area contributed by atoms with Crippen LogP contribution >= 0.6 is 44.5 Å². The first kappa shape index (κ1) is 70.1. The molecule has 0 amide bonds. The Morgan fingerprint density at radius 1 is 0.550 bits per heavy atom. The number of carboxylic acid groups (broad SMARTS) is 2. The second kappa shape index (κ2) is 39.3. The molecule has 0 bridgehead atoms. The Hall–Kier alpha value is -2.40. The van der Waals surface area contributed by atoms with Crippen molar-refractivity contribution in [2.45, 2.75) is 158 Å². The number of aliphatic carboxylic acids is 2. The van der Waals surface area contributed by atoms with Gasteiger partial charge in [-0.1, -0.05) is 127 Å². The number of aryl methyl sites for hydroxylation is 2. The molecule has 0 radical (unpaired) electrons. The standard InChI is InChI=1S/C23H34O5.C23H23O2P.C18H26O4.BrH.I3/c24-18(13-12-17-8-4-3-5-9-17)14-15-20-19(21(25)16-22(20)26)10-6-1-2-7-11-23(27)28;24-23(25)18-10-11-19-26(20-12-4-1-5-13-20,21-14-6-2-7-15-21)22-16-8-3-9-17-22;19-13(7-6-12-4-2-1-3-5-12)8-9-14-15-10-18(21)22-17(15)11-16(14)20;;1-3-2/h1,3-6,8-9,18-22,24-26H,2,7,10-16H2,(H,27,28);1-9,12-17H,10-11,18-19H2;1-5,13-21H,6-11H2;1H;/q;;;;-1/b6-1-;;;;/t18-,19+,20+,21-,22+;;13-,14+,15+,16+,17-,18?;;/m0.0../s1. The van der Waals surface area contributed by atoms with E-state index in [1.807, 2.05) is 48.6 Å². The van der Waals surface area contributed by atoms with Crippen LogP contribution in [0.2, 0.25) is 0 Å². The van der Waals surface area contributed by atoms with Gasteiger partial charge in [0, 0.05) is 25.7 Å². The van der Waals surface area contributed by atoms with Gasteiger partial charge in [0.25, 0.3) is 0 Å². The molecule has 5 aromatic carbocycles. The van der Waals surface area contributed by atoms with Crippen molar-refractivity contribution in [1.82, 2.24) is 0 Å². The van der Waals surface area contributed by atoms with E-state index in [0.717, 1.165) is 38.3 Å². The molecule has 1 saturated heterocycles. The molecule has 0 aromatic heterocycles. The number of fused-ring (bicyclic) bond motifs is 1. The summed E-state index contributed by atoms with van der Waals surface area (Å²) in [5.74, 6) is -1.13. The molecule has 11 nitrogen and oxygen atoms in total. The fourth-order valence-electron chi connectivity index (χ4n) is 11.7. The van der Waals surface area contributed by atoms with Crippen LogP contribution in [0.4, 0.5) is 0 Å². The number of unbranched alkanes of at least 4 members (excludes halogenated alkanes) is 2. The number of allylic oxidation sites excluding steroid dienone is 2. The van der Waals surface area contributed by atoms with Crippen molar-refractivity contribution in [1.29, 1.82) is 0 Å². The van der Waals surface area contributed by atoms with Crippen LogP contribution in [0.15, 0.2) is 164 Å². The van der Waals surface area contributed by atoms with Crippen LogP contribution in [0, 0.1) is 23.7 Å². The predicted octanol–water partition coefficient (Wildman–Crippen LogP) is 5.20. The van der Waals surface area contributed by atoms with E-state index in [9.17, 15) is 40.2 Å². The van der Waals surface area contributed by atoms with E-state index in [1.54, 1.807) is 0 Å². The maximum absolute atomic E-state index is 10.9. The summed E-state index contributed by atoms with van der Waals surface area (Å²) in [6.45, 7) is 0. The molecule has 1 aliphatic heterocycles. The molecule has 1 unspecified atom stereocenters. The number of rotatable bonds is 26. The van der Waals surface area contributed by atoms with Crippen LogP contribution in [0.1, 0.15) is 114 Å². The van der Waals surface area contributed by atoms with Crippen LogP contribution in [-0.2, 0) is 27.2 Å². The normalized spacial score (nSPS) is 22.8. The number of hydrogen-bond acceptors (Lipinski definition) is 9. The van der Waals surface area contributed by atoms with Crippen molar-refractivity contribution < 1.29 is 85.4 Å². The van der Waals surface area contributed by atoms with Crippen molar-refractivity contribution in [2.24, 2.45) is 23.7 Å². The van der Waals surface area contributed by atoms with E-state index in [2.05, 4.69) is 152 Å². The van der Waals surface area contributed by atoms with Gasteiger partial charge in [0.05, 0.1) is 42.8 Å². The molecular formula is C64H84BrI3O11P-. The molecule has 8 N–H and O–H groups in total. The topological polar surface area (TPSA) is 205 Å². The molecule has 8 rings (SSSR count). The third-order valence-corrected chi connectivity index (χ3v) is 20.3. The Morgan fingerprint density at radius 3 is 1.43 bits per heavy atom. The number of carbonyl (C=O) groups is 2. The quantitative estimate of drug-likeness (QED) is 0.0157. The van der Waals surface area contributed by atoms with Gasteiger partial charge in [-0.25, -0.2) is 0 Å². The number of ether oxygens (including phenoxy) is 1. The Bertz CT molecular complexity index is 2360. The average Bonchev–Trinajstić information content (AvgIpc) is 4.11. The zero-order valence-electron chi connectivity index (χ0n) is 45.6. The summed E-state index contributed by atoms with van der Waals surface area (Å²) in [6, 6.07) is 52.4. The molecule has 80 heavy (non-hydrogen) atoms. The second-order valence-corrected chi connectivity index (χ2v) is 41.0. The van der Waals surface area contributed by atoms with Gasteiger partial charge in [0.2, 0.25) is 0 Å². The van der Waals surface area contributed by atoms with E-state index < -0.39 is 43.8 Å². The van der Waals surface area contributed by atoms with E-state index >= 15 is 0 Å². The summed E-state index contributed by atoms with van der Waals surface area (Å²) in [7, 11) is -1.81. The number of halogens is 4. The average molecular weight is 1520 g/mol. The number of carboxylic acids is 2. The van der Waals surface area contributed by atoms with Gasteiger partial charge < -0.3 is 62.6 Å². The van der Waals surface area contributed by atoms with Crippen LogP contribution in [0.5, 0.6) is 0 Å². The zero-order valence-corrected chi connectivity index (χ0v) is 54.6. The van der Waals surface area contributed by atoms with Crippen molar-refractivity contribution in [3.63, 3.8) is 0 Å². The molecule has 0 spiro atoms.